The average molecular weight is 479 g/mol. The maximum absolute atomic E-state index is 13.3. The van der Waals surface area contributed by atoms with Crippen LogP contribution in [0.25, 0.3) is 11.4 Å². The molecule has 0 atom stereocenters. The van der Waals surface area contributed by atoms with E-state index in [2.05, 4.69) is 10.1 Å². The van der Waals surface area contributed by atoms with Crippen LogP contribution in [0.15, 0.2) is 63.8 Å². The molecule has 4 aromatic rings. The highest BCUT2D eigenvalue weighted by molar-refractivity contribution is 7.08. The zero-order valence-electron chi connectivity index (χ0n) is 18.6. The summed E-state index contributed by atoms with van der Waals surface area (Å²) in [7, 11) is 0. The Bertz CT molecular complexity index is 1280. The van der Waals surface area contributed by atoms with E-state index in [1.54, 1.807) is 36.4 Å². The van der Waals surface area contributed by atoms with Gasteiger partial charge in [0.15, 0.2) is 23.9 Å². The number of ether oxygens (including phenoxy) is 3. The lowest BCUT2D eigenvalue weighted by Gasteiger charge is -2.13. The van der Waals surface area contributed by atoms with Crippen LogP contribution in [0.4, 0.5) is 0 Å². The summed E-state index contributed by atoms with van der Waals surface area (Å²) < 4.78 is 21.7. The Balaban J connectivity index is 1.51. The molecular weight excluding hydrogens is 456 g/mol. The first-order valence-electron chi connectivity index (χ1n) is 10.7. The van der Waals surface area contributed by atoms with Crippen molar-refractivity contribution in [2.45, 2.75) is 20.5 Å². The van der Waals surface area contributed by atoms with Crippen molar-refractivity contribution >= 4 is 23.1 Å². The zero-order chi connectivity index (χ0) is 23.9. The lowest BCUT2D eigenvalue weighted by molar-refractivity contribution is 0.0427. The summed E-state index contributed by atoms with van der Waals surface area (Å²) >= 11 is 1.51. The lowest BCUT2D eigenvalue weighted by atomic mass is 9.98. The third kappa shape index (κ3) is 5.15. The predicted molar refractivity (Wildman–Crippen MR) is 125 cm³/mol. The fraction of sp³-hybridized carbons (Fsp3) is 0.200. The van der Waals surface area contributed by atoms with E-state index in [0.29, 0.717) is 36.1 Å². The van der Waals surface area contributed by atoms with E-state index in [1.807, 2.05) is 30.7 Å². The van der Waals surface area contributed by atoms with Crippen molar-refractivity contribution in [2.24, 2.45) is 0 Å². The second-order valence-electron chi connectivity index (χ2n) is 7.00. The smallest absolute Gasteiger partial charge is 0.339 e. The molecule has 0 aliphatic rings. The molecule has 8 nitrogen and oxygen atoms in total. The van der Waals surface area contributed by atoms with E-state index >= 15 is 0 Å². The molecule has 0 aliphatic heterocycles. The van der Waals surface area contributed by atoms with Crippen molar-refractivity contribution in [3.8, 4) is 22.9 Å². The summed E-state index contributed by atoms with van der Waals surface area (Å²) in [6, 6.07) is 13.3. The number of benzene rings is 2. The third-order valence-corrected chi connectivity index (χ3v) is 5.45. The van der Waals surface area contributed by atoms with Crippen LogP contribution in [0.2, 0.25) is 0 Å². The molecule has 4 rings (SSSR count). The van der Waals surface area contributed by atoms with Crippen LogP contribution in [0.1, 0.15) is 46.0 Å². The molecule has 0 amide bonds. The van der Waals surface area contributed by atoms with Gasteiger partial charge in [-0.1, -0.05) is 23.4 Å². The molecule has 0 fully saturated rings. The molecule has 174 valence electrons. The Hall–Kier alpha value is -3.98. The average Bonchev–Trinajstić information content (AvgIpc) is 3.56. The van der Waals surface area contributed by atoms with Gasteiger partial charge in [0.25, 0.3) is 5.89 Å². The van der Waals surface area contributed by atoms with Crippen molar-refractivity contribution in [2.75, 3.05) is 13.2 Å². The number of ketones is 1. The van der Waals surface area contributed by atoms with E-state index in [0.717, 1.165) is 5.56 Å². The predicted octanol–water partition coefficient (Wildman–Crippen LogP) is 5.18. The van der Waals surface area contributed by atoms with Gasteiger partial charge in [0.1, 0.15) is 0 Å². The Morgan fingerprint density at radius 3 is 2.47 bits per heavy atom. The number of nitrogens with zero attached hydrogens (tertiary/aromatic N) is 2. The summed E-state index contributed by atoms with van der Waals surface area (Å²) in [4.78, 5) is 30.3. The number of hydrogen-bond acceptors (Lipinski definition) is 9. The molecular formula is C25H22N2O6S. The normalized spacial score (nSPS) is 10.6. The van der Waals surface area contributed by atoms with Crippen LogP contribution in [0.5, 0.6) is 11.5 Å². The zero-order valence-corrected chi connectivity index (χ0v) is 19.5. The standard InChI is InChI=1S/C25H22N2O6S/c1-3-30-20-10-9-16(13-21(20)31-4-2)23(28)18-7-5-6-8-19(18)25(29)32-14-22-26-24(27-33-22)17-11-12-34-15-17/h5-13,15H,3-4,14H2,1-2H3. The van der Waals surface area contributed by atoms with E-state index in [-0.39, 0.29) is 29.4 Å². The second kappa shape index (κ2) is 10.8. The third-order valence-electron chi connectivity index (χ3n) is 4.77. The minimum absolute atomic E-state index is 0.136. The Morgan fingerprint density at radius 1 is 0.971 bits per heavy atom. The molecule has 0 unspecified atom stereocenters. The molecule has 34 heavy (non-hydrogen) atoms. The Morgan fingerprint density at radius 2 is 1.74 bits per heavy atom. The maximum Gasteiger partial charge on any atom is 0.339 e. The number of aromatic nitrogens is 2. The quantitative estimate of drug-likeness (QED) is 0.227. The number of thiophene rings is 1. The van der Waals surface area contributed by atoms with Gasteiger partial charge in [0.05, 0.1) is 18.8 Å². The first kappa shape index (κ1) is 23.2. The lowest BCUT2D eigenvalue weighted by Crippen LogP contribution is -2.13. The number of esters is 1. The van der Waals surface area contributed by atoms with Crippen LogP contribution in [-0.2, 0) is 11.3 Å². The van der Waals surface area contributed by atoms with Crippen LogP contribution < -0.4 is 9.47 Å². The molecule has 0 saturated heterocycles. The largest absolute Gasteiger partial charge is 0.490 e. The second-order valence-corrected chi connectivity index (χ2v) is 7.78. The maximum atomic E-state index is 13.3. The molecule has 0 saturated carbocycles. The molecule has 0 aliphatic carbocycles. The van der Waals surface area contributed by atoms with E-state index in [1.165, 1.54) is 17.4 Å². The fourth-order valence-corrected chi connectivity index (χ4v) is 3.87. The van der Waals surface area contributed by atoms with E-state index in [4.69, 9.17) is 18.7 Å². The molecule has 0 bridgehead atoms. The van der Waals surface area contributed by atoms with Gasteiger partial charge < -0.3 is 18.7 Å². The molecule has 9 heteroatoms. The number of carbonyl (C=O) groups is 2. The van der Waals surface area contributed by atoms with Crippen molar-refractivity contribution < 1.29 is 28.3 Å². The number of carbonyl (C=O) groups excluding carboxylic acids is 2. The van der Waals surface area contributed by atoms with Crippen molar-refractivity contribution in [3.63, 3.8) is 0 Å². The molecule has 2 aromatic carbocycles. The molecule has 0 N–H and O–H groups in total. The minimum Gasteiger partial charge on any atom is -0.490 e. The summed E-state index contributed by atoms with van der Waals surface area (Å²) in [5, 5.41) is 7.68. The highest BCUT2D eigenvalue weighted by Crippen LogP contribution is 2.30. The summed E-state index contributed by atoms with van der Waals surface area (Å²) in [5.41, 5.74) is 1.54. The van der Waals surface area contributed by atoms with Gasteiger partial charge in [0, 0.05) is 22.1 Å². The summed E-state index contributed by atoms with van der Waals surface area (Å²) in [6.45, 7) is 4.40. The molecule has 0 radical (unpaired) electrons. The Kier molecular flexibility index (Phi) is 7.34. The molecule has 2 heterocycles. The topological polar surface area (TPSA) is 101 Å². The summed E-state index contributed by atoms with van der Waals surface area (Å²) in [5.74, 6) is 0.585. The fourth-order valence-electron chi connectivity index (χ4n) is 3.23. The van der Waals surface area contributed by atoms with E-state index < -0.39 is 5.97 Å². The van der Waals surface area contributed by atoms with Gasteiger partial charge in [0.2, 0.25) is 5.82 Å². The van der Waals surface area contributed by atoms with Gasteiger partial charge in [-0.15, -0.1) is 0 Å². The number of rotatable bonds is 10. The van der Waals surface area contributed by atoms with Crippen molar-refractivity contribution in [1.82, 2.24) is 10.1 Å². The van der Waals surface area contributed by atoms with Crippen LogP contribution in [-0.4, -0.2) is 35.1 Å². The highest BCUT2D eigenvalue weighted by atomic mass is 32.1. The highest BCUT2D eigenvalue weighted by Gasteiger charge is 2.21. The molecule has 0 spiro atoms. The van der Waals surface area contributed by atoms with E-state index in [9.17, 15) is 9.59 Å². The van der Waals surface area contributed by atoms with Gasteiger partial charge in [-0.25, -0.2) is 4.79 Å². The monoisotopic (exact) mass is 478 g/mol. The minimum atomic E-state index is -0.671. The SMILES string of the molecule is CCOc1ccc(C(=O)c2ccccc2C(=O)OCc2nc(-c3ccsc3)no2)cc1OCC. The van der Waals surface area contributed by atoms with Gasteiger partial charge in [-0.3, -0.25) is 4.79 Å². The molecule has 2 aromatic heterocycles. The van der Waals surface area contributed by atoms with Crippen LogP contribution >= 0.6 is 11.3 Å². The number of hydrogen-bond donors (Lipinski definition) is 0. The van der Waals surface area contributed by atoms with Crippen LogP contribution in [0, 0.1) is 0 Å². The first-order valence-corrected chi connectivity index (χ1v) is 11.6. The van der Waals surface area contributed by atoms with Crippen molar-refractivity contribution in [1.29, 1.82) is 0 Å². The van der Waals surface area contributed by atoms with Gasteiger partial charge in [-0.05, 0) is 49.6 Å². The van der Waals surface area contributed by atoms with Crippen LogP contribution in [0.3, 0.4) is 0 Å². The summed E-state index contributed by atoms with van der Waals surface area (Å²) in [6.07, 6.45) is 0. The first-order chi connectivity index (χ1) is 16.6. The van der Waals surface area contributed by atoms with Crippen molar-refractivity contribution in [3.05, 3.63) is 81.9 Å². The van der Waals surface area contributed by atoms with Gasteiger partial charge in [-0.2, -0.15) is 16.3 Å². The Labute approximate surface area is 200 Å². The van der Waals surface area contributed by atoms with Gasteiger partial charge >= 0.3 is 5.97 Å².